The maximum Gasteiger partial charge on any atom is 0.328 e. The van der Waals surface area contributed by atoms with Crippen LogP contribution >= 0.6 is 0 Å². The van der Waals surface area contributed by atoms with Crippen LogP contribution in [0.2, 0.25) is 0 Å². The summed E-state index contributed by atoms with van der Waals surface area (Å²) < 4.78 is 37.1. The second-order valence-corrected chi connectivity index (χ2v) is 10.6. The van der Waals surface area contributed by atoms with Crippen molar-refractivity contribution >= 4 is 21.0 Å². The number of benzene rings is 1. The molecule has 0 saturated heterocycles. The second kappa shape index (κ2) is 9.53. The third-order valence-electron chi connectivity index (χ3n) is 5.89. The summed E-state index contributed by atoms with van der Waals surface area (Å²) in [7, 11) is -2.01. The number of nitrogens with one attached hydrogen (secondary N) is 1. The lowest BCUT2D eigenvalue weighted by molar-refractivity contribution is 0.296. The Bertz CT molecular complexity index is 1560. The Morgan fingerprint density at radius 3 is 2.51 bits per heavy atom. The highest BCUT2D eigenvalue weighted by molar-refractivity contribution is 7.90. The predicted molar refractivity (Wildman–Crippen MR) is 135 cm³/mol. The Hall–Kier alpha value is -3.66. The van der Waals surface area contributed by atoms with E-state index in [1.54, 1.807) is 18.3 Å². The standard InChI is InChI=1S/C25H28N4O5S/c1-6-34-24-21(33-4)12-11-19(27-24)20(14-35(5,31)32)29-23-22(28-25(29)30)16(3)18(13-26-23)17-10-8-7-9-15(17)2/h7-13,20H,6,14H2,1-5H3,(H,28,30)/t20-/m1/s1. The van der Waals surface area contributed by atoms with Crippen LogP contribution < -0.4 is 15.2 Å². The van der Waals surface area contributed by atoms with E-state index < -0.39 is 21.6 Å². The number of imidazole rings is 1. The number of fused-ring (bicyclic) bond motifs is 1. The van der Waals surface area contributed by atoms with E-state index in [2.05, 4.69) is 15.0 Å². The number of aromatic amines is 1. The third-order valence-corrected chi connectivity index (χ3v) is 6.82. The molecule has 35 heavy (non-hydrogen) atoms. The molecule has 0 amide bonds. The fourth-order valence-electron chi connectivity index (χ4n) is 4.22. The van der Waals surface area contributed by atoms with E-state index in [0.717, 1.165) is 28.5 Å². The first-order valence-corrected chi connectivity index (χ1v) is 13.2. The number of rotatable bonds is 8. The number of H-pyrrole nitrogens is 1. The van der Waals surface area contributed by atoms with Gasteiger partial charge in [0.1, 0.15) is 9.84 Å². The highest BCUT2D eigenvalue weighted by Gasteiger charge is 2.27. The molecule has 0 aliphatic carbocycles. The fraction of sp³-hybridized carbons (Fsp3) is 0.320. The molecule has 9 nitrogen and oxygen atoms in total. The minimum absolute atomic E-state index is 0.227. The third kappa shape index (κ3) is 4.79. The van der Waals surface area contributed by atoms with Crippen LogP contribution in [0.3, 0.4) is 0 Å². The lowest BCUT2D eigenvalue weighted by Crippen LogP contribution is -2.29. The van der Waals surface area contributed by atoms with Gasteiger partial charge in [0.15, 0.2) is 11.4 Å². The Morgan fingerprint density at radius 1 is 1.11 bits per heavy atom. The van der Waals surface area contributed by atoms with Gasteiger partial charge >= 0.3 is 5.69 Å². The van der Waals surface area contributed by atoms with E-state index in [-0.39, 0.29) is 11.6 Å². The summed E-state index contributed by atoms with van der Waals surface area (Å²) in [6, 6.07) is 10.3. The zero-order valence-electron chi connectivity index (χ0n) is 20.3. The number of ether oxygens (including phenoxy) is 2. The number of aromatic nitrogens is 4. The van der Waals surface area contributed by atoms with Crippen LogP contribution in [-0.4, -0.2) is 53.7 Å². The van der Waals surface area contributed by atoms with Crippen molar-refractivity contribution in [1.82, 2.24) is 19.5 Å². The predicted octanol–water partition coefficient (Wildman–Crippen LogP) is 3.44. The Kier molecular flexibility index (Phi) is 6.66. The number of pyridine rings is 2. The molecule has 1 atom stereocenters. The topological polar surface area (TPSA) is 116 Å². The van der Waals surface area contributed by atoms with Crippen molar-refractivity contribution in [2.24, 2.45) is 0 Å². The van der Waals surface area contributed by atoms with Gasteiger partial charge in [-0.15, -0.1) is 0 Å². The van der Waals surface area contributed by atoms with Crippen molar-refractivity contribution in [3.63, 3.8) is 0 Å². The second-order valence-electron chi connectivity index (χ2n) is 8.40. The van der Waals surface area contributed by atoms with Crippen LogP contribution in [0.25, 0.3) is 22.3 Å². The van der Waals surface area contributed by atoms with E-state index in [1.165, 1.54) is 11.7 Å². The van der Waals surface area contributed by atoms with Crippen LogP contribution in [0.1, 0.15) is 29.8 Å². The van der Waals surface area contributed by atoms with Crippen molar-refractivity contribution in [3.05, 3.63) is 69.9 Å². The van der Waals surface area contributed by atoms with Crippen molar-refractivity contribution in [2.75, 3.05) is 25.7 Å². The number of hydrogen-bond donors (Lipinski definition) is 1. The molecule has 184 valence electrons. The molecule has 1 aromatic carbocycles. The minimum atomic E-state index is -3.50. The van der Waals surface area contributed by atoms with Crippen LogP contribution in [0.5, 0.6) is 11.6 Å². The van der Waals surface area contributed by atoms with Gasteiger partial charge < -0.3 is 14.5 Å². The van der Waals surface area contributed by atoms with E-state index in [4.69, 9.17) is 9.47 Å². The first kappa shape index (κ1) is 24.5. The summed E-state index contributed by atoms with van der Waals surface area (Å²) in [5, 5.41) is 0. The number of sulfone groups is 1. The highest BCUT2D eigenvalue weighted by atomic mass is 32.2. The lowest BCUT2D eigenvalue weighted by atomic mass is 9.98. The molecule has 0 aliphatic heterocycles. The first-order chi connectivity index (χ1) is 16.6. The van der Waals surface area contributed by atoms with Gasteiger partial charge in [-0.2, -0.15) is 0 Å². The van der Waals surface area contributed by atoms with Gasteiger partial charge in [0.05, 0.1) is 36.7 Å². The average Bonchev–Trinajstić information content (AvgIpc) is 3.15. The zero-order valence-corrected chi connectivity index (χ0v) is 21.1. The first-order valence-electron chi connectivity index (χ1n) is 11.2. The van der Waals surface area contributed by atoms with Crippen molar-refractivity contribution < 1.29 is 17.9 Å². The monoisotopic (exact) mass is 496 g/mol. The smallest absolute Gasteiger partial charge is 0.328 e. The van der Waals surface area contributed by atoms with E-state index in [0.29, 0.717) is 29.2 Å². The van der Waals surface area contributed by atoms with Crippen LogP contribution in [-0.2, 0) is 9.84 Å². The summed E-state index contributed by atoms with van der Waals surface area (Å²) >= 11 is 0. The lowest BCUT2D eigenvalue weighted by Gasteiger charge is -2.19. The molecule has 0 saturated carbocycles. The molecule has 10 heteroatoms. The number of methoxy groups -OCH3 is 1. The van der Waals surface area contributed by atoms with Crippen molar-refractivity contribution in [2.45, 2.75) is 26.8 Å². The van der Waals surface area contributed by atoms with Crippen molar-refractivity contribution in [1.29, 1.82) is 0 Å². The van der Waals surface area contributed by atoms with E-state index >= 15 is 0 Å². The normalized spacial score (nSPS) is 12.6. The Morgan fingerprint density at radius 2 is 1.86 bits per heavy atom. The van der Waals surface area contributed by atoms with E-state index in [9.17, 15) is 13.2 Å². The number of nitrogens with zero attached hydrogens (tertiary/aromatic N) is 3. The van der Waals surface area contributed by atoms with Crippen LogP contribution in [0.4, 0.5) is 0 Å². The van der Waals surface area contributed by atoms with Crippen LogP contribution in [0, 0.1) is 13.8 Å². The molecule has 1 N–H and O–H groups in total. The van der Waals surface area contributed by atoms with Gasteiger partial charge in [0.2, 0.25) is 0 Å². The van der Waals surface area contributed by atoms with Gasteiger partial charge in [0.25, 0.3) is 5.88 Å². The molecule has 0 bridgehead atoms. The summed E-state index contributed by atoms with van der Waals surface area (Å²) in [6.45, 7) is 6.08. The minimum Gasteiger partial charge on any atom is -0.491 e. The molecule has 0 unspecified atom stereocenters. The highest BCUT2D eigenvalue weighted by Crippen LogP contribution is 2.32. The van der Waals surface area contributed by atoms with Gasteiger partial charge in [0, 0.05) is 18.0 Å². The number of hydrogen-bond acceptors (Lipinski definition) is 7. The van der Waals surface area contributed by atoms with Gasteiger partial charge in [-0.25, -0.2) is 23.2 Å². The summed E-state index contributed by atoms with van der Waals surface area (Å²) in [4.78, 5) is 25.2. The summed E-state index contributed by atoms with van der Waals surface area (Å²) in [5.41, 5.74) is 4.62. The molecule has 4 aromatic rings. The van der Waals surface area contributed by atoms with E-state index in [1.807, 2.05) is 45.0 Å². The molecule has 0 fully saturated rings. The van der Waals surface area contributed by atoms with Gasteiger partial charge in [-0.1, -0.05) is 24.3 Å². The van der Waals surface area contributed by atoms with Gasteiger partial charge in [-0.05, 0) is 49.6 Å². The molecule has 3 heterocycles. The molecule has 0 spiro atoms. The number of aryl methyl sites for hydroxylation is 2. The average molecular weight is 497 g/mol. The Balaban J connectivity index is 1.94. The Labute approximate surface area is 203 Å². The maximum atomic E-state index is 13.2. The largest absolute Gasteiger partial charge is 0.491 e. The SMILES string of the molecule is CCOc1nc([C@@H](CS(C)(=O)=O)n2c(=O)[nH]c3c(C)c(-c4ccccc4C)cnc32)ccc1OC. The maximum absolute atomic E-state index is 13.2. The molecule has 0 radical (unpaired) electrons. The van der Waals surface area contributed by atoms with Crippen molar-refractivity contribution in [3.8, 4) is 22.8 Å². The molecular formula is C25H28N4O5S. The molecule has 3 aromatic heterocycles. The molecule has 0 aliphatic rings. The molecular weight excluding hydrogens is 468 g/mol. The quantitative estimate of drug-likeness (QED) is 0.397. The molecule has 4 rings (SSSR count). The fourth-order valence-corrected chi connectivity index (χ4v) is 5.12. The summed E-state index contributed by atoms with van der Waals surface area (Å²) in [5.74, 6) is 0.298. The summed E-state index contributed by atoms with van der Waals surface area (Å²) in [6.07, 6.45) is 2.84. The zero-order chi connectivity index (χ0) is 25.3. The van der Waals surface area contributed by atoms with Crippen LogP contribution in [0.15, 0.2) is 47.4 Å². The van der Waals surface area contributed by atoms with Gasteiger partial charge in [-0.3, -0.25) is 4.57 Å².